The van der Waals surface area contributed by atoms with Crippen molar-refractivity contribution >= 4 is 8.69 Å². The smallest absolute Gasteiger partial charge is 0.162 e. The summed E-state index contributed by atoms with van der Waals surface area (Å²) in [6.07, 6.45) is 0. The number of aryl methyl sites for hydroxylation is 2. The second-order valence-electron chi connectivity index (χ2n) is 2.25. The highest BCUT2D eigenvalue weighted by Crippen LogP contribution is 1.99. The van der Waals surface area contributed by atoms with Gasteiger partial charge in [-0.3, -0.25) is 0 Å². The second kappa shape index (κ2) is 6.02. The molecule has 1 aromatic carbocycles. The summed E-state index contributed by atoms with van der Waals surface area (Å²) in [7, 11) is -1.17. The zero-order valence-corrected chi connectivity index (χ0v) is 7.66. The maximum Gasteiger partial charge on any atom is 0.491 e. The molecule has 0 aliphatic carbocycles. The van der Waals surface area contributed by atoms with Crippen LogP contribution in [0.2, 0.25) is 0 Å². The summed E-state index contributed by atoms with van der Waals surface area (Å²) in [6, 6.07) is 8.48. The lowest BCUT2D eigenvalue weighted by Gasteiger charge is -1.90. The third-order valence-electron chi connectivity index (χ3n) is 1.22. The average molecular weight is 171 g/mol. The standard InChI is InChI=1S/C8H10.HO2P/c1-7-3-5-8(2)6-4-7;1-3-2/h3-6H,1-2H3;3H/p+1. The van der Waals surface area contributed by atoms with E-state index in [1.54, 1.807) is 0 Å². The second-order valence-corrected chi connectivity index (χ2v) is 2.43. The average Bonchev–Trinajstić information content (AvgIpc) is 1.97. The molecule has 3 heteroatoms. The van der Waals surface area contributed by atoms with Gasteiger partial charge in [-0.2, -0.15) is 4.89 Å². The van der Waals surface area contributed by atoms with Crippen LogP contribution in [0.5, 0.6) is 0 Å². The molecule has 60 valence electrons. The van der Waals surface area contributed by atoms with Crippen molar-refractivity contribution in [1.82, 2.24) is 0 Å². The molecule has 0 amide bonds. The Labute approximate surface area is 68.2 Å². The number of benzene rings is 1. The Bertz CT molecular complexity index is 185. The van der Waals surface area contributed by atoms with Gasteiger partial charge in [0, 0.05) is 0 Å². The van der Waals surface area contributed by atoms with Crippen molar-refractivity contribution in [2.24, 2.45) is 0 Å². The van der Waals surface area contributed by atoms with Crippen LogP contribution in [0.1, 0.15) is 11.1 Å². The van der Waals surface area contributed by atoms with Crippen LogP contribution < -0.4 is 0 Å². The minimum Gasteiger partial charge on any atom is -0.162 e. The first-order valence-electron chi connectivity index (χ1n) is 3.25. The summed E-state index contributed by atoms with van der Waals surface area (Å²) in [5.74, 6) is 0. The molecule has 1 unspecified atom stereocenters. The third kappa shape index (κ3) is 5.71. The van der Waals surface area contributed by atoms with E-state index in [9.17, 15) is 0 Å². The molecular formula is C8H12O2P+. The molecule has 0 fully saturated rings. The fraction of sp³-hybridized carbons (Fsp3) is 0.250. The van der Waals surface area contributed by atoms with Gasteiger partial charge in [-0.25, -0.2) is 0 Å². The van der Waals surface area contributed by atoms with E-state index in [1.165, 1.54) is 11.1 Å². The maximum atomic E-state index is 8.51. The highest BCUT2D eigenvalue weighted by molar-refractivity contribution is 7.16. The minimum absolute atomic E-state index is 1.17. The van der Waals surface area contributed by atoms with Gasteiger partial charge >= 0.3 is 8.69 Å². The van der Waals surface area contributed by atoms with Crippen LogP contribution >= 0.6 is 8.69 Å². The summed E-state index contributed by atoms with van der Waals surface area (Å²) in [5, 5.41) is 0. The van der Waals surface area contributed by atoms with E-state index in [2.05, 4.69) is 38.1 Å². The van der Waals surface area contributed by atoms with Gasteiger partial charge in [-0.05, 0) is 18.4 Å². The Balaban J connectivity index is 0.000000292. The van der Waals surface area contributed by atoms with E-state index in [1.807, 2.05) is 0 Å². The quantitative estimate of drug-likeness (QED) is 0.607. The fourth-order valence-corrected chi connectivity index (χ4v) is 0.637. The molecule has 2 nitrogen and oxygen atoms in total. The molecule has 0 saturated heterocycles. The van der Waals surface area contributed by atoms with E-state index in [4.69, 9.17) is 9.46 Å². The molecular weight excluding hydrogens is 159 g/mol. The summed E-state index contributed by atoms with van der Waals surface area (Å²) in [6.45, 7) is 4.19. The van der Waals surface area contributed by atoms with Crippen molar-refractivity contribution in [3.05, 3.63) is 35.4 Å². The van der Waals surface area contributed by atoms with E-state index >= 15 is 0 Å². The van der Waals surface area contributed by atoms with Gasteiger partial charge in [0.25, 0.3) is 0 Å². The van der Waals surface area contributed by atoms with Crippen molar-refractivity contribution in [3.63, 3.8) is 0 Å². The molecule has 1 rings (SSSR count). The van der Waals surface area contributed by atoms with Gasteiger partial charge in [-0.1, -0.05) is 35.4 Å². The Morgan fingerprint density at radius 3 is 1.45 bits per heavy atom. The zero-order chi connectivity index (χ0) is 8.69. The molecule has 0 aliphatic rings. The Kier molecular flexibility index (Phi) is 5.63. The lowest BCUT2D eigenvalue weighted by Crippen LogP contribution is -1.70. The first kappa shape index (κ1) is 10.3. The van der Waals surface area contributed by atoms with Gasteiger partial charge in [-0.15, -0.1) is 0 Å². The molecule has 11 heavy (non-hydrogen) atoms. The van der Waals surface area contributed by atoms with Crippen LogP contribution in [0.15, 0.2) is 24.3 Å². The van der Waals surface area contributed by atoms with Gasteiger partial charge in [0.2, 0.25) is 0 Å². The monoisotopic (exact) mass is 171 g/mol. The number of hydrogen-bond acceptors (Lipinski definition) is 1. The van der Waals surface area contributed by atoms with E-state index in [0.29, 0.717) is 0 Å². The topological polar surface area (TPSA) is 37.3 Å². The minimum atomic E-state index is -1.17. The van der Waals surface area contributed by atoms with Crippen molar-refractivity contribution in [2.75, 3.05) is 0 Å². The van der Waals surface area contributed by atoms with Crippen molar-refractivity contribution in [2.45, 2.75) is 13.8 Å². The fourth-order valence-electron chi connectivity index (χ4n) is 0.637. The predicted molar refractivity (Wildman–Crippen MR) is 47.1 cm³/mol. The molecule has 0 bridgehead atoms. The lowest BCUT2D eigenvalue weighted by molar-refractivity contribution is 0.524. The van der Waals surface area contributed by atoms with Crippen LogP contribution in [0, 0.1) is 13.8 Å². The Morgan fingerprint density at radius 2 is 1.27 bits per heavy atom. The molecule has 1 aromatic rings. The van der Waals surface area contributed by atoms with Crippen LogP contribution in [-0.4, -0.2) is 4.89 Å². The normalized spacial score (nSPS) is 8.64. The van der Waals surface area contributed by atoms with Gasteiger partial charge in [0.1, 0.15) is 0 Å². The first-order chi connectivity index (χ1) is 5.20. The number of hydrogen-bond donors (Lipinski definition) is 1. The molecule has 1 N–H and O–H groups in total. The zero-order valence-electron chi connectivity index (χ0n) is 6.66. The van der Waals surface area contributed by atoms with Gasteiger partial charge < -0.3 is 0 Å². The molecule has 0 spiro atoms. The number of rotatable bonds is 0. The van der Waals surface area contributed by atoms with E-state index in [-0.39, 0.29) is 0 Å². The summed E-state index contributed by atoms with van der Waals surface area (Å²) >= 11 is 0. The largest absolute Gasteiger partial charge is 0.491 e. The summed E-state index contributed by atoms with van der Waals surface area (Å²) in [5.41, 5.74) is 2.66. The maximum absolute atomic E-state index is 8.51. The molecule has 0 saturated carbocycles. The lowest BCUT2D eigenvalue weighted by atomic mass is 10.2. The molecule has 0 aromatic heterocycles. The van der Waals surface area contributed by atoms with Crippen LogP contribution in [-0.2, 0) is 4.57 Å². The summed E-state index contributed by atoms with van der Waals surface area (Å²) < 4.78 is 8.51. The van der Waals surface area contributed by atoms with Crippen LogP contribution in [0.25, 0.3) is 0 Å². The molecule has 0 aliphatic heterocycles. The highest BCUT2D eigenvalue weighted by Gasteiger charge is 1.79. The molecule has 1 atom stereocenters. The molecule has 0 heterocycles. The highest BCUT2D eigenvalue weighted by atomic mass is 31.1. The van der Waals surface area contributed by atoms with Crippen LogP contribution in [0.4, 0.5) is 0 Å². The Hall–Kier alpha value is -0.720. The SMILES string of the molecule is Cc1ccc(C)cc1.O=[PH+]O. The van der Waals surface area contributed by atoms with Crippen LogP contribution in [0.3, 0.4) is 0 Å². The Morgan fingerprint density at radius 1 is 1.09 bits per heavy atom. The van der Waals surface area contributed by atoms with Gasteiger partial charge in [0.15, 0.2) is 0 Å². The predicted octanol–water partition coefficient (Wildman–Crippen LogP) is 2.22. The van der Waals surface area contributed by atoms with Gasteiger partial charge in [0.05, 0.1) is 0 Å². The van der Waals surface area contributed by atoms with E-state index in [0.717, 1.165) is 0 Å². The van der Waals surface area contributed by atoms with E-state index < -0.39 is 8.69 Å². The molecule has 0 radical (unpaired) electrons. The first-order valence-corrected chi connectivity index (χ1v) is 4.10. The van der Waals surface area contributed by atoms with Crippen molar-refractivity contribution in [3.8, 4) is 0 Å². The van der Waals surface area contributed by atoms with Crippen molar-refractivity contribution < 1.29 is 9.46 Å². The summed E-state index contributed by atoms with van der Waals surface area (Å²) in [4.78, 5) is 7.04. The third-order valence-corrected chi connectivity index (χ3v) is 1.22. The van der Waals surface area contributed by atoms with Crippen molar-refractivity contribution in [1.29, 1.82) is 0 Å².